The lowest BCUT2D eigenvalue weighted by Crippen LogP contribution is -2.25. The molecule has 33 heavy (non-hydrogen) atoms. The van der Waals surface area contributed by atoms with Crippen molar-refractivity contribution in [1.82, 2.24) is 4.98 Å². The van der Waals surface area contributed by atoms with Crippen LogP contribution < -0.4 is 10.7 Å². The fraction of sp³-hybridized carbons (Fsp3) is 0.323. The molecule has 4 rings (SSSR count). The van der Waals surface area contributed by atoms with Crippen LogP contribution in [0.2, 0.25) is 0 Å². The number of H-pyrrole nitrogens is 1. The topological polar surface area (TPSA) is 28.1 Å². The van der Waals surface area contributed by atoms with E-state index in [1.165, 1.54) is 35.6 Å². The van der Waals surface area contributed by atoms with Crippen molar-refractivity contribution in [3.05, 3.63) is 106 Å². The Hall–Kier alpha value is -3.31. The first-order valence-corrected chi connectivity index (χ1v) is 11.9. The Morgan fingerprint density at radius 1 is 0.939 bits per heavy atom. The van der Waals surface area contributed by atoms with Crippen LogP contribution in [0.1, 0.15) is 68.8 Å². The van der Waals surface area contributed by atoms with Gasteiger partial charge in [0, 0.05) is 17.3 Å². The maximum absolute atomic E-state index is 4.43. The molecule has 0 amide bonds. The van der Waals surface area contributed by atoms with Crippen LogP contribution in [-0.4, -0.2) is 11.5 Å². The Bertz CT molecular complexity index is 1060. The van der Waals surface area contributed by atoms with Crippen LogP contribution in [0.3, 0.4) is 0 Å². The Kier molecular flexibility index (Phi) is 14.5. The molecule has 174 valence electrons. The van der Waals surface area contributed by atoms with E-state index in [4.69, 9.17) is 0 Å². The maximum atomic E-state index is 4.43. The van der Waals surface area contributed by atoms with Crippen molar-refractivity contribution in [3.63, 3.8) is 0 Å². The molecule has 0 saturated carbocycles. The van der Waals surface area contributed by atoms with E-state index in [2.05, 4.69) is 92.5 Å². The monoisotopic (exact) mass is 440 g/mol. The van der Waals surface area contributed by atoms with Gasteiger partial charge in [0.05, 0.1) is 5.69 Å². The second-order valence-corrected chi connectivity index (χ2v) is 7.89. The molecule has 2 aromatic carbocycles. The molecule has 2 heteroatoms. The second kappa shape index (κ2) is 17.3. The quantitative estimate of drug-likeness (QED) is 0.331. The van der Waals surface area contributed by atoms with Gasteiger partial charge in [-0.3, -0.25) is 4.99 Å². The summed E-state index contributed by atoms with van der Waals surface area (Å²) in [6.07, 6.45) is 9.05. The smallest absolute Gasteiger partial charge is 0.132 e. The molecule has 0 fully saturated rings. The molecule has 2 heterocycles. The number of hydrogen-bond donors (Lipinski definition) is 1. The number of aromatic amines is 1. The summed E-state index contributed by atoms with van der Waals surface area (Å²) in [7, 11) is 0. The lowest BCUT2D eigenvalue weighted by atomic mass is 10.1. The van der Waals surface area contributed by atoms with E-state index in [0.717, 1.165) is 29.7 Å². The molecule has 2 nitrogen and oxygen atoms in total. The Balaban J connectivity index is 0.000000299. The summed E-state index contributed by atoms with van der Waals surface area (Å²) in [6, 6.07) is 20.6. The zero-order valence-electron chi connectivity index (χ0n) is 21.1. The molecule has 0 atom stereocenters. The molecule has 0 spiro atoms. The number of benzene rings is 2. The van der Waals surface area contributed by atoms with E-state index in [1.54, 1.807) is 6.08 Å². The van der Waals surface area contributed by atoms with E-state index in [1.807, 2.05) is 37.3 Å². The number of aryl methyl sites for hydroxylation is 2. The number of nitrogens with zero attached hydrogens (tertiary/aromatic N) is 1. The summed E-state index contributed by atoms with van der Waals surface area (Å²) >= 11 is 0. The predicted octanol–water partition coefficient (Wildman–Crippen LogP) is 6.91. The van der Waals surface area contributed by atoms with Crippen molar-refractivity contribution in [2.75, 3.05) is 6.54 Å². The van der Waals surface area contributed by atoms with Gasteiger partial charge < -0.3 is 4.98 Å². The minimum Gasteiger partial charge on any atom is -0.333 e. The summed E-state index contributed by atoms with van der Waals surface area (Å²) < 4.78 is 0. The average molecular weight is 441 g/mol. The molecule has 1 aliphatic heterocycles. The zero-order valence-corrected chi connectivity index (χ0v) is 21.1. The van der Waals surface area contributed by atoms with Gasteiger partial charge >= 0.3 is 0 Å². The van der Waals surface area contributed by atoms with Crippen molar-refractivity contribution in [1.29, 1.82) is 0 Å². The number of fused-ring (bicyclic) bond motifs is 1. The lowest BCUT2D eigenvalue weighted by molar-refractivity contribution is 0.772. The highest BCUT2D eigenvalue weighted by atomic mass is 14.9. The number of rotatable bonds is 2. The molecule has 1 N–H and O–H groups in total. The summed E-state index contributed by atoms with van der Waals surface area (Å²) in [6.45, 7) is 14.7. The van der Waals surface area contributed by atoms with E-state index < -0.39 is 0 Å². The predicted molar refractivity (Wildman–Crippen MR) is 145 cm³/mol. The highest BCUT2D eigenvalue weighted by Gasteiger charge is 1.98. The third-order valence-electron chi connectivity index (χ3n) is 4.63. The molecule has 0 unspecified atom stereocenters. The second-order valence-electron chi connectivity index (χ2n) is 7.89. The Labute approximate surface area is 201 Å². The van der Waals surface area contributed by atoms with Gasteiger partial charge in [-0.2, -0.15) is 0 Å². The van der Waals surface area contributed by atoms with Crippen LogP contribution in [0.5, 0.6) is 0 Å². The number of nitrogens with one attached hydrogen (secondary N) is 1. The van der Waals surface area contributed by atoms with Crippen molar-refractivity contribution in [3.8, 4) is 11.8 Å². The molecule has 0 aliphatic carbocycles. The van der Waals surface area contributed by atoms with Crippen LogP contribution in [-0.2, 0) is 0 Å². The molecule has 1 aromatic heterocycles. The first-order valence-electron chi connectivity index (χ1n) is 11.9. The van der Waals surface area contributed by atoms with Crippen molar-refractivity contribution in [2.45, 2.75) is 60.3 Å². The first-order chi connectivity index (χ1) is 16.0. The minimum atomic E-state index is 0.873. The van der Waals surface area contributed by atoms with Crippen molar-refractivity contribution in [2.24, 2.45) is 4.99 Å². The average Bonchev–Trinajstić information content (AvgIpc) is 3.24. The third kappa shape index (κ3) is 12.3. The summed E-state index contributed by atoms with van der Waals surface area (Å²) in [5.41, 5.74) is 5.51. The van der Waals surface area contributed by atoms with Crippen molar-refractivity contribution < 1.29 is 0 Å². The Morgan fingerprint density at radius 3 is 2.03 bits per heavy atom. The van der Waals surface area contributed by atoms with Gasteiger partial charge in [-0.15, -0.1) is 6.58 Å². The molecular formula is C31H40N2. The van der Waals surface area contributed by atoms with E-state index >= 15 is 0 Å². The maximum Gasteiger partial charge on any atom is 0.132 e. The molecule has 3 aromatic rings. The zero-order chi connectivity index (χ0) is 24.3. The number of allylic oxidation sites excluding steroid dienone is 1. The van der Waals surface area contributed by atoms with Gasteiger partial charge in [-0.05, 0) is 51.3 Å². The molecular weight excluding hydrogens is 400 g/mol. The summed E-state index contributed by atoms with van der Waals surface area (Å²) in [4.78, 5) is 7.67. The molecule has 1 aliphatic rings. The standard InChI is InChI=1S/C16H14N2.C7H8.C5H12.C3H6/c1-12-4-6-13(7-5-12)8-9-15-11-14-3-2-10-17-16(14)18-15;1-7-5-3-2-4-6-7;1-3-5-4-2;1-3-2/h3-7,11H,2,10H2,1H3,(H,17,18);2-6H,1H3;3-5H2,1-2H3;3H,1H2,2H3. The third-order valence-corrected chi connectivity index (χ3v) is 4.63. The van der Waals surface area contributed by atoms with Crippen LogP contribution in [0.15, 0.2) is 78.3 Å². The highest BCUT2D eigenvalue weighted by Crippen LogP contribution is 2.01. The lowest BCUT2D eigenvalue weighted by Gasteiger charge is -1.91. The number of unbranched alkanes of at least 4 members (excludes halogenated alkanes) is 2. The van der Waals surface area contributed by atoms with Gasteiger partial charge in [0.25, 0.3) is 0 Å². The number of hydrogen-bond acceptors (Lipinski definition) is 1. The fourth-order valence-electron chi connectivity index (χ4n) is 2.87. The van der Waals surface area contributed by atoms with Crippen LogP contribution in [0.4, 0.5) is 0 Å². The molecule has 0 saturated heterocycles. The van der Waals surface area contributed by atoms with Crippen LogP contribution in [0.25, 0.3) is 6.08 Å². The van der Waals surface area contributed by atoms with Crippen LogP contribution in [0, 0.1) is 25.7 Å². The van der Waals surface area contributed by atoms with Gasteiger partial charge in [0.2, 0.25) is 0 Å². The highest BCUT2D eigenvalue weighted by molar-refractivity contribution is 5.42. The summed E-state index contributed by atoms with van der Waals surface area (Å²) in [5.74, 6) is 6.31. The van der Waals surface area contributed by atoms with Gasteiger partial charge in [0.1, 0.15) is 5.49 Å². The van der Waals surface area contributed by atoms with Gasteiger partial charge in [0.15, 0.2) is 0 Å². The van der Waals surface area contributed by atoms with E-state index in [-0.39, 0.29) is 0 Å². The van der Waals surface area contributed by atoms with Crippen LogP contribution >= 0.6 is 0 Å². The first kappa shape index (κ1) is 27.7. The number of aromatic nitrogens is 1. The summed E-state index contributed by atoms with van der Waals surface area (Å²) in [5, 5.41) is 1.18. The molecule has 0 radical (unpaired) electrons. The van der Waals surface area contributed by atoms with Crippen molar-refractivity contribution >= 4 is 6.08 Å². The largest absolute Gasteiger partial charge is 0.333 e. The fourth-order valence-corrected chi connectivity index (χ4v) is 2.87. The molecule has 0 bridgehead atoms. The minimum absolute atomic E-state index is 0.873. The normalized spacial score (nSPS) is 10.5. The van der Waals surface area contributed by atoms with E-state index in [0.29, 0.717) is 0 Å². The van der Waals surface area contributed by atoms with E-state index in [9.17, 15) is 0 Å². The SMILES string of the molecule is C=CC.CCCCC.Cc1ccc(C#Cc2cc3c([nH]2)=NCCC=3)cc1.Cc1ccccc1. The van der Waals surface area contributed by atoms with Gasteiger partial charge in [-0.25, -0.2) is 0 Å². The Morgan fingerprint density at radius 2 is 1.55 bits per heavy atom. The van der Waals surface area contributed by atoms with Gasteiger partial charge in [-0.1, -0.05) is 105 Å².